The molecule has 0 aromatic carbocycles. The number of Topliss-reactive ketones (excluding diaryl/α,β-unsaturated/α-hetero) is 1. The number of carbonyl (C=O) groups excluding carboxylic acids is 1. The number of hydrogen-bond acceptors (Lipinski definition) is 2. The molecule has 0 bridgehead atoms. The Balaban J connectivity index is 2.50. The third kappa shape index (κ3) is 2.07. The molecule has 0 aromatic heterocycles. The van der Waals surface area contributed by atoms with Crippen LogP contribution in [-0.2, 0) is 4.79 Å². The topological polar surface area (TPSA) is 40.9 Å². The van der Waals surface area contributed by atoms with E-state index in [1.54, 1.807) is 0 Å². The van der Waals surface area contributed by atoms with E-state index in [9.17, 15) is 10.1 Å². The first-order valence-electron chi connectivity index (χ1n) is 7.45. The molecule has 0 spiro atoms. The highest BCUT2D eigenvalue weighted by Gasteiger charge is 2.69. The van der Waals surface area contributed by atoms with E-state index in [1.807, 2.05) is 27.7 Å². The minimum absolute atomic E-state index is 0.0471. The van der Waals surface area contributed by atoms with E-state index in [1.165, 1.54) is 0 Å². The van der Waals surface area contributed by atoms with E-state index in [0.29, 0.717) is 6.42 Å². The molecular weight excluding hydrogens is 246 g/mol. The molecule has 0 unspecified atom stereocenters. The molecule has 2 aliphatic carbocycles. The lowest BCUT2D eigenvalue weighted by Crippen LogP contribution is -2.64. The van der Waals surface area contributed by atoms with Gasteiger partial charge in [0.15, 0.2) is 5.78 Å². The lowest BCUT2D eigenvalue weighted by molar-refractivity contribution is -0.161. The second-order valence-electron chi connectivity index (χ2n) is 8.62. The minimum Gasteiger partial charge on any atom is -0.298 e. The summed E-state index contributed by atoms with van der Waals surface area (Å²) < 4.78 is 0. The van der Waals surface area contributed by atoms with E-state index in [2.05, 4.69) is 31.8 Å². The first-order chi connectivity index (χ1) is 8.96. The standard InChI is InChI=1S/C18H25NO/c1-15(2,3)7-8-18-13(10-17(18,6)12-19)9-16(4,5)11-14(18)20/h13H,9-11H2,1-6H3/t13-,17-,18+/m0/s1. The summed E-state index contributed by atoms with van der Waals surface area (Å²) in [5.41, 5.74) is -1.42. The van der Waals surface area contributed by atoms with Gasteiger partial charge in [0, 0.05) is 11.8 Å². The molecule has 0 heterocycles. The fraction of sp³-hybridized carbons (Fsp3) is 0.778. The fourth-order valence-electron chi connectivity index (χ4n) is 3.93. The smallest absolute Gasteiger partial charge is 0.153 e. The molecular formula is C18H25NO. The lowest BCUT2D eigenvalue weighted by Gasteiger charge is -2.61. The molecule has 0 amide bonds. The Bertz CT molecular complexity index is 549. The first-order valence-corrected chi connectivity index (χ1v) is 7.45. The van der Waals surface area contributed by atoms with Gasteiger partial charge in [-0.1, -0.05) is 25.7 Å². The van der Waals surface area contributed by atoms with Gasteiger partial charge in [0.25, 0.3) is 0 Å². The number of fused-ring (bicyclic) bond motifs is 1. The quantitative estimate of drug-likeness (QED) is 0.626. The predicted octanol–water partition coefficient (Wildman–Crippen LogP) is 3.96. The second-order valence-corrected chi connectivity index (χ2v) is 8.62. The predicted molar refractivity (Wildman–Crippen MR) is 79.5 cm³/mol. The lowest BCUT2D eigenvalue weighted by atomic mass is 9.38. The minimum atomic E-state index is -0.718. The molecule has 3 atom stereocenters. The Labute approximate surface area is 122 Å². The molecule has 108 valence electrons. The zero-order valence-corrected chi connectivity index (χ0v) is 13.6. The van der Waals surface area contributed by atoms with E-state index < -0.39 is 10.8 Å². The van der Waals surface area contributed by atoms with Crippen LogP contribution in [0.2, 0.25) is 0 Å². The molecule has 0 aliphatic heterocycles. The molecule has 2 nitrogen and oxygen atoms in total. The highest BCUT2D eigenvalue weighted by atomic mass is 16.1. The molecule has 0 aromatic rings. The van der Waals surface area contributed by atoms with Crippen LogP contribution in [0.15, 0.2) is 0 Å². The molecule has 0 radical (unpaired) electrons. The summed E-state index contributed by atoms with van der Waals surface area (Å²) in [7, 11) is 0. The van der Waals surface area contributed by atoms with E-state index in [4.69, 9.17) is 0 Å². The zero-order valence-electron chi connectivity index (χ0n) is 13.6. The molecule has 2 fully saturated rings. The number of hydrogen-bond donors (Lipinski definition) is 0. The van der Waals surface area contributed by atoms with Crippen LogP contribution in [0.3, 0.4) is 0 Å². The van der Waals surface area contributed by atoms with Crippen LogP contribution in [0.5, 0.6) is 0 Å². The van der Waals surface area contributed by atoms with Crippen molar-refractivity contribution in [3.63, 3.8) is 0 Å². The van der Waals surface area contributed by atoms with Crippen LogP contribution >= 0.6 is 0 Å². The maximum Gasteiger partial charge on any atom is 0.153 e. The van der Waals surface area contributed by atoms with Crippen LogP contribution in [0, 0.1) is 50.7 Å². The molecule has 20 heavy (non-hydrogen) atoms. The van der Waals surface area contributed by atoms with Gasteiger partial charge in [0.2, 0.25) is 0 Å². The largest absolute Gasteiger partial charge is 0.298 e. The Morgan fingerprint density at radius 1 is 1.20 bits per heavy atom. The summed E-state index contributed by atoms with van der Waals surface area (Å²) in [6.45, 7) is 12.3. The van der Waals surface area contributed by atoms with Gasteiger partial charge < -0.3 is 0 Å². The Hall–Kier alpha value is -1.28. The van der Waals surface area contributed by atoms with Crippen LogP contribution in [0.1, 0.15) is 60.8 Å². The van der Waals surface area contributed by atoms with Crippen LogP contribution in [0.25, 0.3) is 0 Å². The van der Waals surface area contributed by atoms with Crippen molar-refractivity contribution in [3.05, 3.63) is 0 Å². The van der Waals surface area contributed by atoms with Gasteiger partial charge in [0.05, 0.1) is 11.5 Å². The number of nitriles is 1. The van der Waals surface area contributed by atoms with Gasteiger partial charge in [0.1, 0.15) is 5.41 Å². The maximum absolute atomic E-state index is 12.8. The fourth-order valence-corrected chi connectivity index (χ4v) is 3.93. The molecule has 0 N–H and O–H groups in total. The van der Waals surface area contributed by atoms with Gasteiger partial charge >= 0.3 is 0 Å². The van der Waals surface area contributed by atoms with Gasteiger partial charge in [-0.15, -0.1) is 0 Å². The van der Waals surface area contributed by atoms with Crippen molar-refractivity contribution in [2.45, 2.75) is 60.8 Å². The zero-order chi connectivity index (χ0) is 15.4. The summed E-state index contributed by atoms with van der Waals surface area (Å²) in [4.78, 5) is 12.8. The highest BCUT2D eigenvalue weighted by molar-refractivity contribution is 5.92. The summed E-state index contributed by atoms with van der Waals surface area (Å²) in [5.74, 6) is 6.95. The van der Waals surface area contributed by atoms with Crippen LogP contribution < -0.4 is 0 Å². The average Bonchev–Trinajstić information content (AvgIpc) is 2.24. The van der Waals surface area contributed by atoms with Gasteiger partial charge in [-0.25, -0.2) is 0 Å². The molecule has 2 aliphatic rings. The highest BCUT2D eigenvalue weighted by Crippen LogP contribution is 2.67. The van der Waals surface area contributed by atoms with E-state index in [-0.39, 0.29) is 22.5 Å². The van der Waals surface area contributed by atoms with Crippen molar-refractivity contribution < 1.29 is 4.79 Å². The number of ketones is 1. The molecule has 0 saturated heterocycles. The van der Waals surface area contributed by atoms with Crippen molar-refractivity contribution in [2.75, 3.05) is 0 Å². The third-order valence-electron chi connectivity index (χ3n) is 4.90. The van der Waals surface area contributed by atoms with E-state index >= 15 is 0 Å². The third-order valence-corrected chi connectivity index (χ3v) is 4.90. The van der Waals surface area contributed by atoms with Crippen LogP contribution in [0.4, 0.5) is 0 Å². The van der Waals surface area contributed by atoms with Gasteiger partial charge in [-0.2, -0.15) is 5.26 Å². The average molecular weight is 271 g/mol. The monoisotopic (exact) mass is 271 g/mol. The number of rotatable bonds is 0. The second kappa shape index (κ2) is 4.11. The van der Waals surface area contributed by atoms with Crippen molar-refractivity contribution in [2.24, 2.45) is 27.6 Å². The first kappa shape index (κ1) is 15.1. The maximum atomic E-state index is 12.8. The van der Waals surface area contributed by atoms with Crippen LogP contribution in [-0.4, -0.2) is 5.78 Å². The van der Waals surface area contributed by atoms with E-state index in [0.717, 1.165) is 12.8 Å². The summed E-state index contributed by atoms with van der Waals surface area (Å²) >= 11 is 0. The van der Waals surface area contributed by atoms with Crippen molar-refractivity contribution in [3.8, 4) is 17.9 Å². The Morgan fingerprint density at radius 2 is 1.80 bits per heavy atom. The normalized spacial score (nSPS) is 38.9. The number of carbonyl (C=O) groups is 1. The Morgan fingerprint density at radius 3 is 2.25 bits per heavy atom. The molecule has 2 rings (SSSR count). The number of nitrogens with zero attached hydrogens (tertiary/aromatic N) is 1. The van der Waals surface area contributed by atoms with Gasteiger partial charge in [-0.05, 0) is 51.9 Å². The van der Waals surface area contributed by atoms with Crippen molar-refractivity contribution in [1.82, 2.24) is 0 Å². The van der Waals surface area contributed by atoms with Crippen molar-refractivity contribution >= 4 is 5.78 Å². The summed E-state index contributed by atoms with van der Waals surface area (Å²) in [6, 6.07) is 2.39. The SMILES string of the molecule is CC(C)(C)C#C[C@]12C(=O)CC(C)(C)C[C@H]1C[C@@]2(C)C#N. The molecule has 2 heteroatoms. The summed E-state index contributed by atoms with van der Waals surface area (Å²) in [6.07, 6.45) is 2.34. The van der Waals surface area contributed by atoms with Gasteiger partial charge in [-0.3, -0.25) is 4.79 Å². The van der Waals surface area contributed by atoms with Crippen molar-refractivity contribution in [1.29, 1.82) is 5.26 Å². The Kier molecular flexibility index (Phi) is 3.11. The summed E-state index contributed by atoms with van der Waals surface area (Å²) in [5, 5.41) is 9.56. The molecule has 2 saturated carbocycles.